The highest BCUT2D eigenvalue weighted by Gasteiger charge is 2.27. The molecule has 0 aliphatic carbocycles. The van der Waals surface area contributed by atoms with Gasteiger partial charge in [0, 0.05) is 19.1 Å². The fraction of sp³-hybridized carbons (Fsp3) is 0.684. The van der Waals surface area contributed by atoms with E-state index >= 15 is 0 Å². The molecule has 118 valence electrons. The molecule has 0 radical (unpaired) electrons. The average Bonchev–Trinajstić information content (AvgIpc) is 2.36. The van der Waals surface area contributed by atoms with Crippen LogP contribution < -0.4 is 5.73 Å². The smallest absolute Gasteiger partial charge is 0.0424 e. The summed E-state index contributed by atoms with van der Waals surface area (Å²) in [5.41, 5.74) is 9.71. The predicted molar refractivity (Wildman–Crippen MR) is 91.5 cm³/mol. The summed E-state index contributed by atoms with van der Waals surface area (Å²) in [6.07, 6.45) is 2.63. The molecule has 1 saturated heterocycles. The minimum Gasteiger partial charge on any atom is -0.323 e. The van der Waals surface area contributed by atoms with Crippen molar-refractivity contribution in [2.75, 3.05) is 19.6 Å². The van der Waals surface area contributed by atoms with Crippen molar-refractivity contribution in [3.8, 4) is 0 Å². The number of benzene rings is 1. The SMILES string of the molecule is CC1(C)CCCN(CC(N)c2ccc(C(C)(C)C)cc2)C1. The second-order valence-corrected chi connectivity index (χ2v) is 8.48. The maximum absolute atomic E-state index is 6.43. The molecule has 2 nitrogen and oxygen atoms in total. The summed E-state index contributed by atoms with van der Waals surface area (Å²) < 4.78 is 0. The first-order chi connectivity index (χ1) is 9.67. The van der Waals surface area contributed by atoms with Crippen LogP contribution in [0, 0.1) is 5.41 Å². The van der Waals surface area contributed by atoms with Gasteiger partial charge in [0.25, 0.3) is 0 Å². The number of likely N-dealkylation sites (tertiary alicyclic amines) is 1. The second kappa shape index (κ2) is 6.10. The van der Waals surface area contributed by atoms with Crippen LogP contribution >= 0.6 is 0 Å². The molecule has 2 rings (SSSR count). The maximum Gasteiger partial charge on any atom is 0.0424 e. The highest BCUT2D eigenvalue weighted by molar-refractivity contribution is 5.29. The zero-order valence-electron chi connectivity index (χ0n) is 14.4. The van der Waals surface area contributed by atoms with Crippen LogP contribution in [0.1, 0.15) is 64.6 Å². The van der Waals surface area contributed by atoms with E-state index in [-0.39, 0.29) is 11.5 Å². The molecule has 1 aromatic carbocycles. The third kappa shape index (κ3) is 4.55. The first-order valence-electron chi connectivity index (χ1n) is 8.26. The molecular formula is C19H32N2. The van der Waals surface area contributed by atoms with Gasteiger partial charge < -0.3 is 10.6 Å². The topological polar surface area (TPSA) is 29.3 Å². The van der Waals surface area contributed by atoms with Gasteiger partial charge in [-0.3, -0.25) is 0 Å². The van der Waals surface area contributed by atoms with Gasteiger partial charge in [0.05, 0.1) is 0 Å². The molecule has 21 heavy (non-hydrogen) atoms. The van der Waals surface area contributed by atoms with E-state index in [4.69, 9.17) is 5.73 Å². The predicted octanol–water partition coefficient (Wildman–Crippen LogP) is 4.11. The third-order valence-corrected chi connectivity index (χ3v) is 4.64. The van der Waals surface area contributed by atoms with Gasteiger partial charge in [0.2, 0.25) is 0 Å². The molecule has 0 aromatic heterocycles. The molecule has 1 aliphatic heterocycles. The van der Waals surface area contributed by atoms with Gasteiger partial charge in [-0.05, 0) is 41.3 Å². The lowest BCUT2D eigenvalue weighted by Crippen LogP contribution is -2.43. The Labute approximate surface area is 130 Å². The second-order valence-electron chi connectivity index (χ2n) is 8.48. The molecule has 1 fully saturated rings. The normalized spacial score (nSPS) is 21.2. The molecule has 0 spiro atoms. The highest BCUT2D eigenvalue weighted by atomic mass is 15.1. The van der Waals surface area contributed by atoms with Crippen LogP contribution in [0.2, 0.25) is 0 Å². The summed E-state index contributed by atoms with van der Waals surface area (Å²) in [4.78, 5) is 2.53. The largest absolute Gasteiger partial charge is 0.323 e. The highest BCUT2D eigenvalue weighted by Crippen LogP contribution is 2.29. The van der Waals surface area contributed by atoms with Gasteiger partial charge in [-0.15, -0.1) is 0 Å². The van der Waals surface area contributed by atoms with Gasteiger partial charge in [0.15, 0.2) is 0 Å². The molecule has 1 aliphatic rings. The minimum atomic E-state index is 0.118. The average molecular weight is 288 g/mol. The summed E-state index contributed by atoms with van der Waals surface area (Å²) in [5, 5.41) is 0. The number of nitrogens with two attached hydrogens (primary N) is 1. The minimum absolute atomic E-state index is 0.118. The van der Waals surface area contributed by atoms with Crippen molar-refractivity contribution < 1.29 is 0 Å². The molecule has 2 N–H and O–H groups in total. The van der Waals surface area contributed by atoms with E-state index in [1.165, 1.54) is 37.1 Å². The molecule has 1 atom stereocenters. The summed E-state index contributed by atoms with van der Waals surface area (Å²) >= 11 is 0. The lowest BCUT2D eigenvalue weighted by Gasteiger charge is -2.39. The van der Waals surface area contributed by atoms with Crippen molar-refractivity contribution >= 4 is 0 Å². The summed E-state index contributed by atoms with van der Waals surface area (Å²) in [5.74, 6) is 0. The Hall–Kier alpha value is -0.860. The molecule has 0 bridgehead atoms. The Balaban J connectivity index is 1.98. The van der Waals surface area contributed by atoms with Crippen LogP contribution in [0.25, 0.3) is 0 Å². The van der Waals surface area contributed by atoms with Gasteiger partial charge in [-0.2, -0.15) is 0 Å². The van der Waals surface area contributed by atoms with Crippen LogP contribution in [0.5, 0.6) is 0 Å². The monoisotopic (exact) mass is 288 g/mol. The Morgan fingerprint density at radius 1 is 1.19 bits per heavy atom. The van der Waals surface area contributed by atoms with E-state index < -0.39 is 0 Å². The van der Waals surface area contributed by atoms with Gasteiger partial charge >= 0.3 is 0 Å². The first kappa shape index (κ1) is 16.5. The van der Waals surface area contributed by atoms with Crippen molar-refractivity contribution in [2.45, 2.75) is 58.9 Å². The molecule has 2 heteroatoms. The fourth-order valence-electron chi connectivity index (χ4n) is 3.31. The first-order valence-corrected chi connectivity index (χ1v) is 8.26. The fourth-order valence-corrected chi connectivity index (χ4v) is 3.31. The van der Waals surface area contributed by atoms with Crippen LogP contribution in [0.4, 0.5) is 0 Å². The van der Waals surface area contributed by atoms with Crippen LogP contribution in [0.3, 0.4) is 0 Å². The Bertz CT molecular complexity index is 453. The summed E-state index contributed by atoms with van der Waals surface area (Å²) in [7, 11) is 0. The third-order valence-electron chi connectivity index (χ3n) is 4.64. The summed E-state index contributed by atoms with van der Waals surface area (Å²) in [6.45, 7) is 14.8. The Morgan fingerprint density at radius 3 is 2.33 bits per heavy atom. The number of hydrogen-bond donors (Lipinski definition) is 1. The quantitative estimate of drug-likeness (QED) is 0.907. The van der Waals surface area contributed by atoms with E-state index in [9.17, 15) is 0 Å². The zero-order chi connectivity index (χ0) is 15.7. The number of hydrogen-bond acceptors (Lipinski definition) is 2. The van der Waals surface area contributed by atoms with E-state index in [1.54, 1.807) is 0 Å². The number of rotatable bonds is 3. The molecule has 0 saturated carbocycles. The zero-order valence-corrected chi connectivity index (χ0v) is 14.4. The molecular weight excluding hydrogens is 256 g/mol. The molecule has 1 aromatic rings. The number of piperidine rings is 1. The van der Waals surface area contributed by atoms with Gasteiger partial charge in [-0.1, -0.05) is 58.9 Å². The Morgan fingerprint density at radius 2 is 1.81 bits per heavy atom. The van der Waals surface area contributed by atoms with Crippen LogP contribution in [-0.4, -0.2) is 24.5 Å². The molecule has 1 heterocycles. The van der Waals surface area contributed by atoms with Crippen molar-refractivity contribution in [2.24, 2.45) is 11.1 Å². The van der Waals surface area contributed by atoms with Crippen LogP contribution in [0.15, 0.2) is 24.3 Å². The van der Waals surface area contributed by atoms with E-state index in [1.807, 2.05) is 0 Å². The van der Waals surface area contributed by atoms with Crippen LogP contribution in [-0.2, 0) is 5.41 Å². The summed E-state index contributed by atoms with van der Waals surface area (Å²) in [6, 6.07) is 9.00. The number of nitrogens with zero attached hydrogens (tertiary/aromatic N) is 1. The van der Waals surface area contributed by atoms with E-state index in [2.05, 4.69) is 63.8 Å². The lowest BCUT2D eigenvalue weighted by atomic mass is 9.84. The van der Waals surface area contributed by atoms with Crippen molar-refractivity contribution in [1.29, 1.82) is 0 Å². The molecule has 1 unspecified atom stereocenters. The molecule has 0 amide bonds. The van der Waals surface area contributed by atoms with Crippen molar-refractivity contribution in [3.05, 3.63) is 35.4 Å². The van der Waals surface area contributed by atoms with Crippen molar-refractivity contribution in [1.82, 2.24) is 4.90 Å². The van der Waals surface area contributed by atoms with E-state index in [0.717, 1.165) is 6.54 Å². The van der Waals surface area contributed by atoms with Crippen molar-refractivity contribution in [3.63, 3.8) is 0 Å². The van der Waals surface area contributed by atoms with E-state index in [0.29, 0.717) is 5.41 Å². The van der Waals surface area contributed by atoms with Gasteiger partial charge in [0.1, 0.15) is 0 Å². The van der Waals surface area contributed by atoms with Gasteiger partial charge in [-0.25, -0.2) is 0 Å². The standard InChI is InChI=1S/C19H32N2/c1-18(2,3)16-9-7-15(8-10-16)17(20)13-21-12-6-11-19(4,5)14-21/h7-10,17H,6,11-14,20H2,1-5H3. The lowest BCUT2D eigenvalue weighted by molar-refractivity contribution is 0.112. The maximum atomic E-state index is 6.43. The Kier molecular flexibility index (Phi) is 4.79.